The number of aryl methyl sites for hydroxylation is 2. The minimum absolute atomic E-state index is 0.0891. The first kappa shape index (κ1) is 18.4. The van der Waals surface area contributed by atoms with Crippen molar-refractivity contribution in [1.29, 1.82) is 0 Å². The predicted octanol–water partition coefficient (Wildman–Crippen LogP) is 3.82. The number of aromatic nitrogens is 1. The van der Waals surface area contributed by atoms with Gasteiger partial charge in [-0.2, -0.15) is 0 Å². The van der Waals surface area contributed by atoms with Crippen LogP contribution in [0, 0.1) is 6.92 Å². The fourth-order valence-corrected chi connectivity index (χ4v) is 3.15. The topological polar surface area (TPSA) is 71.1 Å². The molecule has 0 saturated carbocycles. The maximum Gasteiger partial charge on any atom is 0.263 e. The molecule has 1 aromatic carbocycles. The van der Waals surface area contributed by atoms with Crippen LogP contribution in [0.5, 0.6) is 0 Å². The Hall–Kier alpha value is -1.92. The summed E-state index contributed by atoms with van der Waals surface area (Å²) in [5.74, 6) is -0.211. The number of amides is 2. The Balaban J connectivity index is 1.72. The van der Waals surface area contributed by atoms with E-state index in [0.717, 1.165) is 17.1 Å². The van der Waals surface area contributed by atoms with E-state index in [-0.39, 0.29) is 11.8 Å². The first-order valence-corrected chi connectivity index (χ1v) is 8.99. The van der Waals surface area contributed by atoms with Crippen LogP contribution in [0.1, 0.15) is 40.1 Å². The molecule has 0 bridgehead atoms. The molecule has 0 spiro atoms. The lowest BCUT2D eigenvalue weighted by Crippen LogP contribution is -2.25. The molecule has 0 fully saturated rings. The van der Waals surface area contributed by atoms with Crippen molar-refractivity contribution in [2.45, 2.75) is 33.1 Å². The zero-order valence-electron chi connectivity index (χ0n) is 13.7. The average molecular weight is 366 g/mol. The standard InChI is InChI=1S/C17H20ClN3O2S/c1-3-15-20-11(2)16(24-15)17(23)19-10-4-5-14(22)21-13-8-6-12(18)7-9-13/h6-9H,3-5,10H2,1-2H3,(H,19,23)(H,21,22). The van der Waals surface area contributed by atoms with Crippen molar-refractivity contribution in [1.82, 2.24) is 10.3 Å². The van der Waals surface area contributed by atoms with Crippen molar-refractivity contribution < 1.29 is 9.59 Å². The molecule has 0 unspecified atom stereocenters. The Labute approximate surface area is 150 Å². The number of nitrogens with one attached hydrogen (secondary N) is 2. The number of thiazole rings is 1. The molecule has 2 amide bonds. The van der Waals surface area contributed by atoms with Crippen molar-refractivity contribution in [2.24, 2.45) is 0 Å². The number of hydrogen-bond donors (Lipinski definition) is 2. The first-order valence-electron chi connectivity index (χ1n) is 7.79. The number of benzene rings is 1. The fraction of sp³-hybridized carbons (Fsp3) is 0.353. The number of halogens is 1. The summed E-state index contributed by atoms with van der Waals surface area (Å²) in [6.07, 6.45) is 1.73. The summed E-state index contributed by atoms with van der Waals surface area (Å²) in [5, 5.41) is 7.21. The Morgan fingerprint density at radius 3 is 2.58 bits per heavy atom. The molecule has 2 rings (SSSR count). The van der Waals surface area contributed by atoms with E-state index in [1.54, 1.807) is 24.3 Å². The molecule has 1 heterocycles. The lowest BCUT2D eigenvalue weighted by atomic mass is 10.2. The number of carbonyl (C=O) groups is 2. The third-order valence-electron chi connectivity index (χ3n) is 3.34. The zero-order chi connectivity index (χ0) is 17.5. The molecule has 1 aromatic heterocycles. The summed E-state index contributed by atoms with van der Waals surface area (Å²) in [7, 11) is 0. The van der Waals surface area contributed by atoms with Gasteiger partial charge in [0, 0.05) is 23.7 Å². The van der Waals surface area contributed by atoms with Crippen LogP contribution in [-0.4, -0.2) is 23.3 Å². The molecular formula is C17H20ClN3O2S. The first-order chi connectivity index (χ1) is 11.5. The molecule has 7 heteroatoms. The van der Waals surface area contributed by atoms with Crippen LogP contribution < -0.4 is 10.6 Å². The lowest BCUT2D eigenvalue weighted by Gasteiger charge is -2.06. The monoisotopic (exact) mass is 365 g/mol. The van der Waals surface area contributed by atoms with Crippen LogP contribution >= 0.6 is 22.9 Å². The summed E-state index contributed by atoms with van der Waals surface area (Å²) in [4.78, 5) is 28.9. The maximum atomic E-state index is 12.1. The van der Waals surface area contributed by atoms with Crippen molar-refractivity contribution >= 4 is 40.4 Å². The number of nitrogens with zero attached hydrogens (tertiary/aromatic N) is 1. The van der Waals surface area contributed by atoms with Gasteiger partial charge in [-0.05, 0) is 44.0 Å². The fourth-order valence-electron chi connectivity index (χ4n) is 2.10. The van der Waals surface area contributed by atoms with E-state index in [4.69, 9.17) is 11.6 Å². The molecule has 2 aromatic rings. The van der Waals surface area contributed by atoms with E-state index in [9.17, 15) is 9.59 Å². The number of anilines is 1. The van der Waals surface area contributed by atoms with Crippen LogP contribution in [0.25, 0.3) is 0 Å². The summed E-state index contributed by atoms with van der Waals surface area (Å²) < 4.78 is 0. The van der Waals surface area contributed by atoms with Crippen LogP contribution in [0.2, 0.25) is 5.02 Å². The van der Waals surface area contributed by atoms with Gasteiger partial charge in [-0.3, -0.25) is 9.59 Å². The Morgan fingerprint density at radius 2 is 1.96 bits per heavy atom. The van der Waals surface area contributed by atoms with Crippen molar-refractivity contribution in [2.75, 3.05) is 11.9 Å². The predicted molar refractivity (Wildman–Crippen MR) is 97.9 cm³/mol. The van der Waals surface area contributed by atoms with Crippen molar-refractivity contribution in [3.63, 3.8) is 0 Å². The average Bonchev–Trinajstić information content (AvgIpc) is 2.95. The molecule has 0 radical (unpaired) electrons. The van der Waals surface area contributed by atoms with E-state index in [0.29, 0.717) is 35.0 Å². The Kier molecular flexibility index (Phi) is 6.75. The zero-order valence-corrected chi connectivity index (χ0v) is 15.3. The van der Waals surface area contributed by atoms with Gasteiger partial charge in [0.25, 0.3) is 5.91 Å². The number of carbonyl (C=O) groups excluding carboxylic acids is 2. The highest BCUT2D eigenvalue weighted by atomic mass is 35.5. The largest absolute Gasteiger partial charge is 0.351 e. The second-order valence-corrected chi connectivity index (χ2v) is 6.81. The highest BCUT2D eigenvalue weighted by Gasteiger charge is 2.14. The molecule has 0 aliphatic rings. The minimum atomic E-state index is -0.122. The van der Waals surface area contributed by atoms with Gasteiger partial charge in [-0.1, -0.05) is 18.5 Å². The third kappa shape index (κ3) is 5.32. The van der Waals surface area contributed by atoms with Gasteiger partial charge < -0.3 is 10.6 Å². The van der Waals surface area contributed by atoms with Gasteiger partial charge in [0.2, 0.25) is 5.91 Å². The Bertz CT molecular complexity index is 713. The molecule has 24 heavy (non-hydrogen) atoms. The summed E-state index contributed by atoms with van der Waals surface area (Å²) in [6, 6.07) is 6.94. The highest BCUT2D eigenvalue weighted by molar-refractivity contribution is 7.13. The van der Waals surface area contributed by atoms with Crippen LogP contribution in [0.4, 0.5) is 5.69 Å². The molecule has 0 aliphatic carbocycles. The van der Waals surface area contributed by atoms with Gasteiger partial charge in [-0.15, -0.1) is 11.3 Å². The Morgan fingerprint density at radius 1 is 1.25 bits per heavy atom. The third-order valence-corrected chi connectivity index (χ3v) is 4.90. The van der Waals surface area contributed by atoms with Gasteiger partial charge in [0.15, 0.2) is 0 Å². The highest BCUT2D eigenvalue weighted by Crippen LogP contribution is 2.18. The van der Waals surface area contributed by atoms with Gasteiger partial charge in [0.1, 0.15) is 4.88 Å². The van der Waals surface area contributed by atoms with E-state index in [1.165, 1.54) is 11.3 Å². The SMILES string of the molecule is CCc1nc(C)c(C(=O)NCCCC(=O)Nc2ccc(Cl)cc2)s1. The summed E-state index contributed by atoms with van der Waals surface area (Å²) in [5.41, 5.74) is 1.47. The molecule has 0 aliphatic heterocycles. The second-order valence-electron chi connectivity index (χ2n) is 5.29. The van der Waals surface area contributed by atoms with Crippen molar-refractivity contribution in [3.8, 4) is 0 Å². The summed E-state index contributed by atoms with van der Waals surface area (Å²) in [6.45, 7) is 4.30. The summed E-state index contributed by atoms with van der Waals surface area (Å²) >= 11 is 7.22. The van der Waals surface area contributed by atoms with E-state index < -0.39 is 0 Å². The number of hydrogen-bond acceptors (Lipinski definition) is 4. The molecule has 0 atom stereocenters. The quantitative estimate of drug-likeness (QED) is 0.733. The second kappa shape index (κ2) is 8.80. The van der Waals surface area contributed by atoms with Crippen molar-refractivity contribution in [3.05, 3.63) is 44.9 Å². The van der Waals surface area contributed by atoms with Crippen LogP contribution in [0.3, 0.4) is 0 Å². The van der Waals surface area contributed by atoms with Gasteiger partial charge >= 0.3 is 0 Å². The van der Waals surface area contributed by atoms with E-state index in [2.05, 4.69) is 15.6 Å². The molecule has 128 valence electrons. The molecule has 0 saturated heterocycles. The molecule has 2 N–H and O–H groups in total. The van der Waals surface area contributed by atoms with Crippen LogP contribution in [-0.2, 0) is 11.2 Å². The molecule has 5 nitrogen and oxygen atoms in total. The lowest BCUT2D eigenvalue weighted by molar-refractivity contribution is -0.116. The normalized spacial score (nSPS) is 10.5. The number of rotatable bonds is 7. The van der Waals surface area contributed by atoms with Crippen LogP contribution in [0.15, 0.2) is 24.3 Å². The van der Waals surface area contributed by atoms with E-state index in [1.807, 2.05) is 13.8 Å². The molecular weight excluding hydrogens is 346 g/mol. The van der Waals surface area contributed by atoms with Gasteiger partial charge in [-0.25, -0.2) is 4.98 Å². The van der Waals surface area contributed by atoms with E-state index >= 15 is 0 Å². The smallest absolute Gasteiger partial charge is 0.263 e. The minimum Gasteiger partial charge on any atom is -0.351 e. The van der Waals surface area contributed by atoms with Gasteiger partial charge in [0.05, 0.1) is 10.7 Å². The maximum absolute atomic E-state index is 12.1.